The molecule has 0 aromatic carbocycles. The molecule has 0 aliphatic heterocycles. The van der Waals surface area contributed by atoms with Crippen molar-refractivity contribution in [1.29, 1.82) is 0 Å². The minimum Gasteiger partial charge on any atom is -0.0856 e. The third-order valence-corrected chi connectivity index (χ3v) is 1.77. The third kappa shape index (κ3) is 3.34. The van der Waals surface area contributed by atoms with E-state index in [2.05, 4.69) is 13.0 Å². The molecule has 1 aliphatic rings. The van der Waals surface area contributed by atoms with E-state index >= 15 is 0 Å². The molecule has 0 aromatic rings. The lowest BCUT2D eigenvalue weighted by molar-refractivity contribution is 0.711. The summed E-state index contributed by atoms with van der Waals surface area (Å²) < 4.78 is 0. The van der Waals surface area contributed by atoms with Crippen molar-refractivity contribution < 1.29 is 0 Å². The molecular weight excluding hydrogens is 108 g/mol. The third-order valence-electron chi connectivity index (χ3n) is 1.77. The zero-order valence-electron chi connectivity index (χ0n) is 5.61. The Labute approximate surface area is 59.0 Å². The standard InChI is InChI=1S/C8H14.CH4/c1-8-6-4-2-3-5-7-8;/h6H,2-5,7H2,1H3;1H4. The van der Waals surface area contributed by atoms with Gasteiger partial charge in [-0.05, 0) is 32.6 Å². The van der Waals surface area contributed by atoms with Gasteiger partial charge in [-0.1, -0.05) is 25.5 Å². The number of rotatable bonds is 0. The minimum absolute atomic E-state index is 0. The lowest BCUT2D eigenvalue weighted by Gasteiger charge is -1.91. The van der Waals surface area contributed by atoms with Gasteiger partial charge in [-0.2, -0.15) is 0 Å². The van der Waals surface area contributed by atoms with Crippen molar-refractivity contribution in [2.45, 2.75) is 46.5 Å². The molecule has 1 aliphatic carbocycles. The molecule has 0 saturated carbocycles. The van der Waals surface area contributed by atoms with Gasteiger partial charge in [-0.25, -0.2) is 0 Å². The summed E-state index contributed by atoms with van der Waals surface area (Å²) in [4.78, 5) is 0. The summed E-state index contributed by atoms with van der Waals surface area (Å²) in [5.41, 5.74) is 1.60. The maximum atomic E-state index is 2.38. The van der Waals surface area contributed by atoms with Gasteiger partial charge >= 0.3 is 0 Å². The van der Waals surface area contributed by atoms with Crippen LogP contribution in [-0.4, -0.2) is 0 Å². The predicted molar refractivity (Wildman–Crippen MR) is 43.6 cm³/mol. The number of allylic oxidation sites excluding steroid dienone is 2. The maximum absolute atomic E-state index is 2.38. The van der Waals surface area contributed by atoms with Crippen LogP contribution >= 0.6 is 0 Å². The fourth-order valence-corrected chi connectivity index (χ4v) is 1.18. The summed E-state index contributed by atoms with van der Waals surface area (Å²) in [5, 5.41) is 0. The van der Waals surface area contributed by atoms with Crippen molar-refractivity contribution >= 4 is 0 Å². The molecule has 0 saturated heterocycles. The van der Waals surface area contributed by atoms with Crippen LogP contribution in [0.5, 0.6) is 0 Å². The summed E-state index contributed by atoms with van der Waals surface area (Å²) in [5.74, 6) is 0. The highest BCUT2D eigenvalue weighted by molar-refractivity contribution is 4.98. The molecule has 1 rings (SSSR count). The molecule has 0 heterocycles. The lowest BCUT2D eigenvalue weighted by Crippen LogP contribution is -1.71. The lowest BCUT2D eigenvalue weighted by atomic mass is 10.2. The van der Waals surface area contributed by atoms with Crippen LogP contribution in [-0.2, 0) is 0 Å². The Morgan fingerprint density at radius 2 is 2.00 bits per heavy atom. The molecular formula is C9H18. The minimum atomic E-state index is 0. The molecule has 0 atom stereocenters. The van der Waals surface area contributed by atoms with Gasteiger partial charge in [-0.15, -0.1) is 0 Å². The number of hydrogen-bond donors (Lipinski definition) is 0. The van der Waals surface area contributed by atoms with Crippen LogP contribution in [0.2, 0.25) is 0 Å². The van der Waals surface area contributed by atoms with E-state index in [4.69, 9.17) is 0 Å². The summed E-state index contributed by atoms with van der Waals surface area (Å²) in [6.45, 7) is 2.24. The molecule has 0 nitrogen and oxygen atoms in total. The van der Waals surface area contributed by atoms with Crippen molar-refractivity contribution in [2.24, 2.45) is 0 Å². The van der Waals surface area contributed by atoms with E-state index < -0.39 is 0 Å². The second-order valence-electron chi connectivity index (χ2n) is 2.65. The Morgan fingerprint density at radius 1 is 1.22 bits per heavy atom. The topological polar surface area (TPSA) is 0 Å². The van der Waals surface area contributed by atoms with Gasteiger partial charge in [0.05, 0.1) is 0 Å². The van der Waals surface area contributed by atoms with Crippen LogP contribution < -0.4 is 0 Å². The predicted octanol–water partition coefficient (Wildman–Crippen LogP) is 3.53. The molecule has 9 heavy (non-hydrogen) atoms. The van der Waals surface area contributed by atoms with E-state index in [0.717, 1.165) is 0 Å². The SMILES string of the molecule is C.CC1=CCCCCC1. The summed E-state index contributed by atoms with van der Waals surface area (Å²) in [6, 6.07) is 0. The summed E-state index contributed by atoms with van der Waals surface area (Å²) in [6.07, 6.45) is 9.33. The first kappa shape index (κ1) is 8.74. The summed E-state index contributed by atoms with van der Waals surface area (Å²) >= 11 is 0. The van der Waals surface area contributed by atoms with E-state index in [9.17, 15) is 0 Å². The van der Waals surface area contributed by atoms with Crippen LogP contribution in [0.4, 0.5) is 0 Å². The van der Waals surface area contributed by atoms with Crippen LogP contribution in [0.1, 0.15) is 46.5 Å². The van der Waals surface area contributed by atoms with Crippen molar-refractivity contribution in [3.8, 4) is 0 Å². The van der Waals surface area contributed by atoms with Gasteiger partial charge in [0.25, 0.3) is 0 Å². The van der Waals surface area contributed by atoms with E-state index in [1.54, 1.807) is 5.57 Å². The van der Waals surface area contributed by atoms with Crippen molar-refractivity contribution in [2.75, 3.05) is 0 Å². The molecule has 0 unspecified atom stereocenters. The first-order chi connectivity index (χ1) is 3.89. The van der Waals surface area contributed by atoms with E-state index in [-0.39, 0.29) is 7.43 Å². The van der Waals surface area contributed by atoms with E-state index in [0.29, 0.717) is 0 Å². The second-order valence-corrected chi connectivity index (χ2v) is 2.65. The second kappa shape index (κ2) is 4.60. The van der Waals surface area contributed by atoms with Crippen LogP contribution in [0.25, 0.3) is 0 Å². The molecule has 0 amide bonds. The van der Waals surface area contributed by atoms with Crippen LogP contribution in [0.3, 0.4) is 0 Å². The zero-order valence-corrected chi connectivity index (χ0v) is 5.61. The fourth-order valence-electron chi connectivity index (χ4n) is 1.18. The van der Waals surface area contributed by atoms with Gasteiger partial charge in [0.1, 0.15) is 0 Å². The van der Waals surface area contributed by atoms with Gasteiger partial charge in [0.2, 0.25) is 0 Å². The van der Waals surface area contributed by atoms with Gasteiger partial charge < -0.3 is 0 Å². The number of hydrogen-bond acceptors (Lipinski definition) is 0. The Kier molecular flexibility index (Phi) is 4.47. The highest BCUT2D eigenvalue weighted by Crippen LogP contribution is 2.15. The van der Waals surface area contributed by atoms with E-state index in [1.807, 2.05) is 0 Å². The first-order valence-corrected chi connectivity index (χ1v) is 3.55. The molecule has 54 valence electrons. The highest BCUT2D eigenvalue weighted by atomic mass is 14.0. The van der Waals surface area contributed by atoms with Gasteiger partial charge in [-0.3, -0.25) is 0 Å². The Balaban J connectivity index is 0.000000640. The molecule has 0 aromatic heterocycles. The van der Waals surface area contributed by atoms with Gasteiger partial charge in [0.15, 0.2) is 0 Å². The molecule has 0 N–H and O–H groups in total. The maximum Gasteiger partial charge on any atom is -0.0323 e. The van der Waals surface area contributed by atoms with Crippen molar-refractivity contribution in [1.82, 2.24) is 0 Å². The quantitative estimate of drug-likeness (QED) is 0.435. The molecule has 0 heteroatoms. The van der Waals surface area contributed by atoms with Crippen LogP contribution in [0, 0.1) is 0 Å². The first-order valence-electron chi connectivity index (χ1n) is 3.55. The van der Waals surface area contributed by atoms with Crippen molar-refractivity contribution in [3.63, 3.8) is 0 Å². The largest absolute Gasteiger partial charge is 0.0856 e. The Morgan fingerprint density at radius 3 is 2.78 bits per heavy atom. The Bertz CT molecular complexity index is 90.2. The fraction of sp³-hybridized carbons (Fsp3) is 0.778. The molecule has 0 bridgehead atoms. The normalized spacial score (nSPS) is 19.4. The molecule has 0 fully saturated rings. The average molecular weight is 126 g/mol. The van der Waals surface area contributed by atoms with Crippen LogP contribution in [0.15, 0.2) is 11.6 Å². The zero-order chi connectivity index (χ0) is 5.82. The molecule has 0 spiro atoms. The smallest absolute Gasteiger partial charge is 0.0323 e. The van der Waals surface area contributed by atoms with E-state index in [1.165, 1.54) is 32.1 Å². The summed E-state index contributed by atoms with van der Waals surface area (Å²) in [7, 11) is 0. The molecule has 0 radical (unpaired) electrons. The van der Waals surface area contributed by atoms with Gasteiger partial charge in [0, 0.05) is 0 Å². The Hall–Kier alpha value is -0.260. The average Bonchev–Trinajstić information content (AvgIpc) is 1.94. The highest BCUT2D eigenvalue weighted by Gasteiger charge is 1.95. The monoisotopic (exact) mass is 126 g/mol. The van der Waals surface area contributed by atoms with Crippen molar-refractivity contribution in [3.05, 3.63) is 11.6 Å².